The van der Waals surface area contributed by atoms with Crippen LogP contribution in [-0.2, 0) is 4.74 Å². The van der Waals surface area contributed by atoms with Crippen LogP contribution in [0.2, 0.25) is 0 Å². The fraction of sp³-hybridized carbons (Fsp3) is 0.778. The van der Waals surface area contributed by atoms with Gasteiger partial charge in [0.05, 0.1) is 6.61 Å². The molecule has 1 N–H and O–H groups in total. The minimum absolute atomic E-state index is 0.109. The summed E-state index contributed by atoms with van der Waals surface area (Å²) in [5, 5.41) is 9.43. The van der Waals surface area contributed by atoms with Crippen LogP contribution >= 0.6 is 0 Å². The summed E-state index contributed by atoms with van der Waals surface area (Å²) in [7, 11) is 0. The third-order valence-corrected chi connectivity index (χ3v) is 2.90. The highest BCUT2D eigenvalue weighted by Crippen LogP contribution is 2.43. The Bertz CT molecular complexity index is 188. The third-order valence-electron chi connectivity index (χ3n) is 2.90. The number of fused-ring (bicyclic) bond motifs is 1. The molecule has 3 atom stereocenters. The topological polar surface area (TPSA) is 29.5 Å². The van der Waals surface area contributed by atoms with E-state index in [-0.39, 0.29) is 5.41 Å². The molecule has 0 spiro atoms. The van der Waals surface area contributed by atoms with Gasteiger partial charge in [0.1, 0.15) is 0 Å². The molecular formula is C9H14O2. The third kappa shape index (κ3) is 1.01. The van der Waals surface area contributed by atoms with E-state index in [2.05, 4.69) is 19.1 Å². The van der Waals surface area contributed by atoms with Crippen molar-refractivity contribution in [2.45, 2.75) is 26.1 Å². The van der Waals surface area contributed by atoms with E-state index in [1.165, 1.54) is 0 Å². The van der Waals surface area contributed by atoms with Gasteiger partial charge in [-0.15, -0.1) is 0 Å². The van der Waals surface area contributed by atoms with Crippen molar-refractivity contribution >= 4 is 0 Å². The van der Waals surface area contributed by atoms with Crippen molar-refractivity contribution < 1.29 is 9.84 Å². The lowest BCUT2D eigenvalue weighted by molar-refractivity contribution is -0.0837. The quantitative estimate of drug-likeness (QED) is 0.533. The Morgan fingerprint density at radius 3 is 3.18 bits per heavy atom. The maximum Gasteiger partial charge on any atom is 0.158 e. The number of aliphatic hydroxyl groups excluding tert-OH is 1. The highest BCUT2D eigenvalue weighted by Gasteiger charge is 2.44. The molecule has 1 saturated heterocycles. The first-order valence-corrected chi connectivity index (χ1v) is 4.20. The minimum Gasteiger partial charge on any atom is -0.368 e. The Labute approximate surface area is 66.9 Å². The van der Waals surface area contributed by atoms with E-state index in [0.717, 1.165) is 12.8 Å². The summed E-state index contributed by atoms with van der Waals surface area (Å²) < 4.78 is 5.21. The van der Waals surface area contributed by atoms with Gasteiger partial charge in [-0.1, -0.05) is 19.1 Å². The monoisotopic (exact) mass is 154 g/mol. The Balaban J connectivity index is 2.25. The molecule has 1 aliphatic carbocycles. The zero-order valence-electron chi connectivity index (χ0n) is 6.79. The lowest BCUT2D eigenvalue weighted by atomic mass is 9.73. The molecule has 1 aliphatic heterocycles. The van der Waals surface area contributed by atoms with Gasteiger partial charge in [-0.05, 0) is 12.8 Å². The molecule has 0 saturated carbocycles. The van der Waals surface area contributed by atoms with Gasteiger partial charge in [0.2, 0.25) is 0 Å². The first-order chi connectivity index (χ1) is 5.22. The Morgan fingerprint density at radius 2 is 2.45 bits per heavy atom. The van der Waals surface area contributed by atoms with Crippen molar-refractivity contribution in [3.05, 3.63) is 12.2 Å². The second-order valence-corrected chi connectivity index (χ2v) is 3.79. The Kier molecular flexibility index (Phi) is 1.55. The molecule has 0 bridgehead atoms. The van der Waals surface area contributed by atoms with E-state index >= 15 is 0 Å². The number of rotatable bonds is 0. The largest absolute Gasteiger partial charge is 0.368 e. The summed E-state index contributed by atoms with van der Waals surface area (Å²) in [5.74, 6) is 0.326. The summed E-state index contributed by atoms with van der Waals surface area (Å²) in [4.78, 5) is 0. The van der Waals surface area contributed by atoms with Gasteiger partial charge >= 0.3 is 0 Å². The van der Waals surface area contributed by atoms with Crippen LogP contribution in [0.1, 0.15) is 19.8 Å². The van der Waals surface area contributed by atoms with E-state index in [1.54, 1.807) is 0 Å². The Hall–Kier alpha value is -0.340. The van der Waals surface area contributed by atoms with Gasteiger partial charge < -0.3 is 9.84 Å². The summed E-state index contributed by atoms with van der Waals surface area (Å²) in [6.45, 7) is 2.83. The molecule has 2 aliphatic rings. The molecule has 1 fully saturated rings. The van der Waals surface area contributed by atoms with Crippen LogP contribution in [-0.4, -0.2) is 18.0 Å². The van der Waals surface area contributed by atoms with Crippen molar-refractivity contribution in [3.8, 4) is 0 Å². The fourth-order valence-corrected chi connectivity index (χ4v) is 2.09. The smallest absolute Gasteiger partial charge is 0.158 e. The van der Waals surface area contributed by atoms with E-state index < -0.39 is 6.29 Å². The molecule has 11 heavy (non-hydrogen) atoms. The fourth-order valence-electron chi connectivity index (χ4n) is 2.09. The van der Waals surface area contributed by atoms with Gasteiger partial charge in [-0.3, -0.25) is 0 Å². The highest BCUT2D eigenvalue weighted by atomic mass is 16.6. The lowest BCUT2D eigenvalue weighted by Crippen LogP contribution is -2.29. The van der Waals surface area contributed by atoms with Gasteiger partial charge in [0.25, 0.3) is 0 Å². The van der Waals surface area contributed by atoms with Crippen molar-refractivity contribution in [1.82, 2.24) is 0 Å². The van der Waals surface area contributed by atoms with Gasteiger partial charge in [-0.2, -0.15) is 0 Å². The lowest BCUT2D eigenvalue weighted by Gasteiger charge is -2.30. The number of hydrogen-bond acceptors (Lipinski definition) is 2. The molecule has 2 nitrogen and oxygen atoms in total. The summed E-state index contributed by atoms with van der Waals surface area (Å²) in [6, 6.07) is 0. The van der Waals surface area contributed by atoms with Crippen LogP contribution in [0.3, 0.4) is 0 Å². The molecular weight excluding hydrogens is 140 g/mol. The summed E-state index contributed by atoms with van der Waals surface area (Å²) in [5.41, 5.74) is 0.109. The van der Waals surface area contributed by atoms with Crippen LogP contribution in [0.5, 0.6) is 0 Å². The van der Waals surface area contributed by atoms with Gasteiger partial charge in [0, 0.05) is 11.3 Å². The second kappa shape index (κ2) is 2.32. The molecule has 1 heterocycles. The predicted molar refractivity (Wildman–Crippen MR) is 41.9 cm³/mol. The Morgan fingerprint density at radius 1 is 1.64 bits per heavy atom. The van der Waals surface area contributed by atoms with Crippen LogP contribution in [0, 0.1) is 11.3 Å². The number of aliphatic hydroxyl groups is 1. The maximum atomic E-state index is 9.43. The van der Waals surface area contributed by atoms with Crippen LogP contribution in [0.4, 0.5) is 0 Å². The van der Waals surface area contributed by atoms with Crippen molar-refractivity contribution in [3.63, 3.8) is 0 Å². The van der Waals surface area contributed by atoms with E-state index in [0.29, 0.717) is 12.5 Å². The van der Waals surface area contributed by atoms with E-state index in [1.807, 2.05) is 0 Å². The molecule has 0 aromatic rings. The molecule has 62 valence electrons. The first kappa shape index (κ1) is 7.32. The van der Waals surface area contributed by atoms with Crippen molar-refractivity contribution in [2.24, 2.45) is 11.3 Å². The standard InChI is InChI=1S/C9H14O2/c1-9-5-3-2-4-7(9)8(10)11-6-9/h3,5,7-8,10H,2,4,6H2,1H3/t7-,8?,9+/m0/s1. The maximum absolute atomic E-state index is 9.43. The summed E-state index contributed by atoms with van der Waals surface area (Å²) >= 11 is 0. The molecule has 0 aromatic carbocycles. The SMILES string of the molecule is C[C@]12C=CCC[C@H]1C(O)OC2. The first-order valence-electron chi connectivity index (χ1n) is 4.20. The van der Waals surface area contributed by atoms with Crippen LogP contribution < -0.4 is 0 Å². The number of ether oxygens (including phenoxy) is 1. The minimum atomic E-state index is -0.523. The summed E-state index contributed by atoms with van der Waals surface area (Å²) in [6.07, 6.45) is 6.01. The molecule has 2 heteroatoms. The van der Waals surface area contributed by atoms with E-state index in [4.69, 9.17) is 4.74 Å². The van der Waals surface area contributed by atoms with Gasteiger partial charge in [-0.25, -0.2) is 0 Å². The highest BCUT2D eigenvalue weighted by molar-refractivity contribution is 5.08. The molecule has 2 rings (SSSR count). The zero-order valence-corrected chi connectivity index (χ0v) is 6.79. The normalized spacial score (nSPS) is 49.3. The van der Waals surface area contributed by atoms with Crippen LogP contribution in [0.15, 0.2) is 12.2 Å². The average Bonchev–Trinajstić information content (AvgIpc) is 2.29. The number of allylic oxidation sites excluding steroid dienone is 1. The molecule has 0 aromatic heterocycles. The molecule has 0 radical (unpaired) electrons. The molecule has 1 unspecified atom stereocenters. The predicted octanol–water partition coefficient (Wildman–Crippen LogP) is 1.31. The molecule has 0 amide bonds. The average molecular weight is 154 g/mol. The van der Waals surface area contributed by atoms with Crippen molar-refractivity contribution in [2.75, 3.05) is 6.61 Å². The number of hydrogen-bond donors (Lipinski definition) is 1. The van der Waals surface area contributed by atoms with E-state index in [9.17, 15) is 5.11 Å². The second-order valence-electron chi connectivity index (χ2n) is 3.79. The van der Waals surface area contributed by atoms with Crippen molar-refractivity contribution in [1.29, 1.82) is 0 Å². The zero-order chi connectivity index (χ0) is 7.90. The van der Waals surface area contributed by atoms with Crippen LogP contribution in [0.25, 0.3) is 0 Å². The van der Waals surface area contributed by atoms with Gasteiger partial charge in [0.15, 0.2) is 6.29 Å².